The molecule has 0 bridgehead atoms. The van der Waals surface area contributed by atoms with E-state index in [1.165, 1.54) is 6.42 Å². The second-order valence-electron chi connectivity index (χ2n) is 8.86. The first-order chi connectivity index (χ1) is 16.8. The molecule has 1 saturated carbocycles. The Bertz CT molecular complexity index is 1300. The van der Waals surface area contributed by atoms with Crippen LogP contribution in [0.3, 0.4) is 0 Å². The summed E-state index contributed by atoms with van der Waals surface area (Å²) in [5, 5.41) is 5.73. The van der Waals surface area contributed by atoms with E-state index in [9.17, 15) is 18.0 Å². The summed E-state index contributed by atoms with van der Waals surface area (Å²) in [6.07, 6.45) is 5.14. The Labute approximate surface area is 206 Å². The molecule has 0 atom stereocenters. The third-order valence-corrected chi connectivity index (χ3v) is 7.49. The van der Waals surface area contributed by atoms with Gasteiger partial charge in [0.15, 0.2) is 0 Å². The molecule has 0 spiro atoms. The number of hydrogen-bond acceptors (Lipinski definition) is 4. The molecular formula is C27H29N3O4S. The van der Waals surface area contributed by atoms with E-state index in [1.807, 2.05) is 6.92 Å². The fraction of sp³-hybridized carbons (Fsp3) is 0.259. The molecule has 3 aromatic rings. The number of sulfonamides is 1. The lowest BCUT2D eigenvalue weighted by Crippen LogP contribution is -2.24. The van der Waals surface area contributed by atoms with Crippen LogP contribution in [0.4, 0.5) is 17.1 Å². The highest BCUT2D eigenvalue weighted by Gasteiger charge is 2.21. The molecule has 0 saturated heterocycles. The maximum atomic E-state index is 12.7. The number of benzene rings is 3. The first kappa shape index (κ1) is 24.5. The van der Waals surface area contributed by atoms with Crippen molar-refractivity contribution in [2.24, 2.45) is 5.92 Å². The average molecular weight is 492 g/mol. The Kier molecular flexibility index (Phi) is 7.51. The molecule has 182 valence electrons. The number of aryl methyl sites for hydroxylation is 1. The zero-order valence-corrected chi connectivity index (χ0v) is 20.4. The van der Waals surface area contributed by atoms with Crippen molar-refractivity contribution < 1.29 is 18.0 Å². The summed E-state index contributed by atoms with van der Waals surface area (Å²) in [6.45, 7) is 1.89. The van der Waals surface area contributed by atoms with Crippen LogP contribution >= 0.6 is 0 Å². The zero-order chi connectivity index (χ0) is 24.8. The van der Waals surface area contributed by atoms with Crippen LogP contribution < -0.4 is 15.4 Å². The van der Waals surface area contributed by atoms with E-state index in [0.717, 1.165) is 31.2 Å². The highest BCUT2D eigenvalue weighted by atomic mass is 32.2. The van der Waals surface area contributed by atoms with Gasteiger partial charge in [-0.3, -0.25) is 14.3 Å². The van der Waals surface area contributed by atoms with Gasteiger partial charge in [0.1, 0.15) is 0 Å². The maximum absolute atomic E-state index is 12.7. The molecule has 0 radical (unpaired) electrons. The topological polar surface area (TPSA) is 104 Å². The van der Waals surface area contributed by atoms with Gasteiger partial charge >= 0.3 is 0 Å². The van der Waals surface area contributed by atoms with Crippen LogP contribution in [0.1, 0.15) is 48.0 Å². The molecule has 1 fully saturated rings. The summed E-state index contributed by atoms with van der Waals surface area (Å²) in [7, 11) is -3.70. The Balaban J connectivity index is 1.37. The SMILES string of the molecule is Cc1ccc(S(=O)(=O)Nc2ccc(NC(=O)c3cccc(NC(=O)C4CCCCC4)c3)cc2)cc1. The van der Waals surface area contributed by atoms with Gasteiger partial charge in [0.2, 0.25) is 5.91 Å². The Morgan fingerprint density at radius 3 is 2.11 bits per heavy atom. The molecular weight excluding hydrogens is 462 g/mol. The quantitative estimate of drug-likeness (QED) is 0.402. The highest BCUT2D eigenvalue weighted by molar-refractivity contribution is 7.92. The normalized spacial score (nSPS) is 14.2. The standard InChI is InChI=1S/C27H29N3O4S/c1-19-10-16-25(17-11-19)35(33,34)30-23-14-12-22(13-15-23)28-27(32)21-8-5-9-24(18-21)29-26(31)20-6-3-2-4-7-20/h5,8-18,20,30H,2-4,6-7H2,1H3,(H,28,32)(H,29,31). The lowest BCUT2D eigenvalue weighted by atomic mass is 9.88. The fourth-order valence-corrected chi connectivity index (χ4v) is 5.16. The molecule has 7 nitrogen and oxygen atoms in total. The summed E-state index contributed by atoms with van der Waals surface area (Å²) in [6, 6.07) is 19.8. The van der Waals surface area contributed by atoms with Crippen molar-refractivity contribution in [3.05, 3.63) is 83.9 Å². The van der Waals surface area contributed by atoms with Gasteiger partial charge in [0.05, 0.1) is 4.90 Å². The van der Waals surface area contributed by atoms with Crippen LogP contribution in [0.25, 0.3) is 0 Å². The van der Waals surface area contributed by atoms with Crippen LogP contribution in [-0.4, -0.2) is 20.2 Å². The van der Waals surface area contributed by atoms with Crippen molar-refractivity contribution in [3.8, 4) is 0 Å². The summed E-state index contributed by atoms with van der Waals surface area (Å²) in [4.78, 5) is 25.4. The molecule has 0 aliphatic heterocycles. The minimum atomic E-state index is -3.70. The lowest BCUT2D eigenvalue weighted by Gasteiger charge is -2.20. The highest BCUT2D eigenvalue weighted by Crippen LogP contribution is 2.25. The predicted molar refractivity (Wildman–Crippen MR) is 138 cm³/mol. The van der Waals surface area contributed by atoms with Crippen molar-refractivity contribution in [2.45, 2.75) is 43.9 Å². The Hall–Kier alpha value is -3.65. The van der Waals surface area contributed by atoms with E-state index in [4.69, 9.17) is 0 Å². The minimum absolute atomic E-state index is 0.00550. The van der Waals surface area contributed by atoms with Gasteiger partial charge in [-0.1, -0.05) is 43.0 Å². The maximum Gasteiger partial charge on any atom is 0.261 e. The van der Waals surface area contributed by atoms with Crippen LogP contribution in [0.2, 0.25) is 0 Å². The molecule has 8 heteroatoms. The first-order valence-corrected chi connectivity index (χ1v) is 13.2. The Morgan fingerprint density at radius 1 is 0.771 bits per heavy atom. The molecule has 1 aliphatic carbocycles. The summed E-state index contributed by atoms with van der Waals surface area (Å²) in [5.41, 5.74) is 2.88. The third kappa shape index (κ3) is 6.48. The number of carbonyl (C=O) groups excluding carboxylic acids is 2. The fourth-order valence-electron chi connectivity index (χ4n) is 4.10. The van der Waals surface area contributed by atoms with E-state index < -0.39 is 10.0 Å². The van der Waals surface area contributed by atoms with Crippen molar-refractivity contribution in [3.63, 3.8) is 0 Å². The van der Waals surface area contributed by atoms with E-state index >= 15 is 0 Å². The number of nitrogens with one attached hydrogen (secondary N) is 3. The van der Waals surface area contributed by atoms with Crippen molar-refractivity contribution >= 4 is 38.9 Å². The van der Waals surface area contributed by atoms with Gasteiger partial charge in [0, 0.05) is 28.5 Å². The minimum Gasteiger partial charge on any atom is -0.326 e. The molecule has 0 aromatic heterocycles. The van der Waals surface area contributed by atoms with Gasteiger partial charge in [-0.15, -0.1) is 0 Å². The van der Waals surface area contributed by atoms with Crippen molar-refractivity contribution in [1.29, 1.82) is 0 Å². The van der Waals surface area contributed by atoms with Crippen LogP contribution in [-0.2, 0) is 14.8 Å². The number of anilines is 3. The molecule has 3 N–H and O–H groups in total. The summed E-state index contributed by atoms with van der Waals surface area (Å²) in [5.74, 6) is -0.291. The summed E-state index contributed by atoms with van der Waals surface area (Å²) >= 11 is 0. The molecule has 4 rings (SSSR count). The number of hydrogen-bond donors (Lipinski definition) is 3. The third-order valence-electron chi connectivity index (χ3n) is 6.09. The van der Waals surface area contributed by atoms with E-state index in [0.29, 0.717) is 22.6 Å². The molecule has 3 aromatic carbocycles. The van der Waals surface area contributed by atoms with Gasteiger partial charge in [-0.25, -0.2) is 8.42 Å². The smallest absolute Gasteiger partial charge is 0.261 e. The van der Waals surface area contributed by atoms with E-state index in [2.05, 4.69) is 15.4 Å². The van der Waals surface area contributed by atoms with Gasteiger partial charge < -0.3 is 10.6 Å². The summed E-state index contributed by atoms with van der Waals surface area (Å²) < 4.78 is 27.7. The number of amides is 2. The first-order valence-electron chi connectivity index (χ1n) is 11.7. The van der Waals surface area contributed by atoms with Gasteiger partial charge in [-0.2, -0.15) is 0 Å². The van der Waals surface area contributed by atoms with Gasteiger partial charge in [-0.05, 0) is 74.4 Å². The second-order valence-corrected chi connectivity index (χ2v) is 10.5. The van der Waals surface area contributed by atoms with Crippen LogP contribution in [0, 0.1) is 12.8 Å². The number of rotatable bonds is 7. The largest absolute Gasteiger partial charge is 0.326 e. The van der Waals surface area contributed by atoms with Crippen molar-refractivity contribution in [2.75, 3.05) is 15.4 Å². The molecule has 0 unspecified atom stereocenters. The average Bonchev–Trinajstić information content (AvgIpc) is 2.86. The van der Waals surface area contributed by atoms with Crippen LogP contribution in [0.5, 0.6) is 0 Å². The predicted octanol–water partition coefficient (Wildman–Crippen LogP) is 5.57. The lowest BCUT2D eigenvalue weighted by molar-refractivity contribution is -0.120. The molecule has 0 heterocycles. The second kappa shape index (κ2) is 10.7. The number of carbonyl (C=O) groups is 2. The Morgan fingerprint density at radius 2 is 1.43 bits per heavy atom. The van der Waals surface area contributed by atoms with Gasteiger partial charge in [0.25, 0.3) is 15.9 Å². The zero-order valence-electron chi connectivity index (χ0n) is 19.6. The monoisotopic (exact) mass is 491 g/mol. The molecule has 1 aliphatic rings. The molecule has 35 heavy (non-hydrogen) atoms. The van der Waals surface area contributed by atoms with E-state index in [1.54, 1.807) is 72.8 Å². The van der Waals surface area contributed by atoms with E-state index in [-0.39, 0.29) is 22.6 Å². The van der Waals surface area contributed by atoms with Crippen LogP contribution in [0.15, 0.2) is 77.7 Å². The molecule has 2 amide bonds. The van der Waals surface area contributed by atoms with Crippen molar-refractivity contribution in [1.82, 2.24) is 0 Å².